The van der Waals surface area contributed by atoms with Crippen LogP contribution in [-0.4, -0.2) is 30.9 Å². The van der Waals surface area contributed by atoms with Gasteiger partial charge in [-0.05, 0) is 71.8 Å². The molecule has 1 heterocycles. The zero-order valence-corrected chi connectivity index (χ0v) is 21.8. The number of carbonyl (C=O) groups excluding carboxylic acids is 3. The summed E-state index contributed by atoms with van der Waals surface area (Å²) in [6, 6.07) is 6.01. The van der Waals surface area contributed by atoms with E-state index in [0.717, 1.165) is 21.6 Å². The summed E-state index contributed by atoms with van der Waals surface area (Å²) in [5.74, 6) is -0.230. The van der Waals surface area contributed by atoms with E-state index in [0.29, 0.717) is 28.5 Å². The van der Waals surface area contributed by atoms with Crippen molar-refractivity contribution in [2.45, 2.75) is 59.8 Å². The van der Waals surface area contributed by atoms with Crippen LogP contribution in [0, 0.1) is 6.92 Å². The van der Waals surface area contributed by atoms with Crippen LogP contribution in [0.15, 0.2) is 22.7 Å². The third-order valence-electron chi connectivity index (χ3n) is 4.80. The average molecular weight is 524 g/mol. The number of ketones is 1. The van der Waals surface area contributed by atoms with Gasteiger partial charge in [0.05, 0.1) is 28.1 Å². The van der Waals surface area contributed by atoms with E-state index in [2.05, 4.69) is 42.0 Å². The monoisotopic (exact) mass is 523 g/mol. The summed E-state index contributed by atoms with van der Waals surface area (Å²) >= 11 is 4.64. The summed E-state index contributed by atoms with van der Waals surface area (Å²) < 4.78 is 11.8. The van der Waals surface area contributed by atoms with Gasteiger partial charge in [0.2, 0.25) is 5.91 Å². The normalized spacial score (nSPS) is 11.2. The summed E-state index contributed by atoms with van der Waals surface area (Å²) in [7, 11) is 0. The standard InChI is InChI=1S/C24H30BrNO5S/c1-7-30-23(29)20-14(2)21(15(3)27)32-22(20)26-19(28)9-8-12-31-18-11-10-16(13-17(18)25)24(4,5)6/h10-11,13H,7-9,12H2,1-6H3,(H,26,28). The van der Waals surface area contributed by atoms with Crippen molar-refractivity contribution < 1.29 is 23.9 Å². The Kier molecular flexibility index (Phi) is 9.04. The molecule has 0 atom stereocenters. The lowest BCUT2D eigenvalue weighted by Gasteiger charge is -2.20. The number of halogens is 1. The molecular weight excluding hydrogens is 494 g/mol. The van der Waals surface area contributed by atoms with Gasteiger partial charge in [-0.15, -0.1) is 11.3 Å². The van der Waals surface area contributed by atoms with E-state index in [1.54, 1.807) is 13.8 Å². The molecule has 1 N–H and O–H groups in total. The maximum Gasteiger partial charge on any atom is 0.341 e. The summed E-state index contributed by atoms with van der Waals surface area (Å²) in [6.07, 6.45) is 0.713. The topological polar surface area (TPSA) is 81.7 Å². The number of thiophene rings is 1. The van der Waals surface area contributed by atoms with Crippen molar-refractivity contribution in [3.8, 4) is 5.75 Å². The molecule has 2 rings (SSSR count). The second-order valence-corrected chi connectivity index (χ2v) is 10.3. The smallest absolute Gasteiger partial charge is 0.341 e. The third kappa shape index (κ3) is 6.65. The van der Waals surface area contributed by atoms with Gasteiger partial charge in [-0.1, -0.05) is 26.8 Å². The van der Waals surface area contributed by atoms with E-state index in [9.17, 15) is 14.4 Å². The average Bonchev–Trinajstić information content (AvgIpc) is 3.01. The molecule has 6 nitrogen and oxygen atoms in total. The van der Waals surface area contributed by atoms with E-state index >= 15 is 0 Å². The Labute approximate surface area is 201 Å². The fourth-order valence-corrected chi connectivity index (χ4v) is 4.67. The van der Waals surface area contributed by atoms with E-state index in [1.807, 2.05) is 18.2 Å². The SMILES string of the molecule is CCOC(=O)c1c(NC(=O)CCCOc2ccc(C(C)(C)C)cc2Br)sc(C(C)=O)c1C. The van der Waals surface area contributed by atoms with Gasteiger partial charge in [0, 0.05) is 6.42 Å². The zero-order chi connectivity index (χ0) is 24.1. The number of Topliss-reactive ketones (excluding diaryl/α,β-unsaturated/α-hetero) is 1. The minimum absolute atomic E-state index is 0.0456. The van der Waals surface area contributed by atoms with Gasteiger partial charge in [0.1, 0.15) is 10.8 Å². The molecule has 0 fully saturated rings. The summed E-state index contributed by atoms with van der Waals surface area (Å²) in [4.78, 5) is 37.1. The zero-order valence-electron chi connectivity index (χ0n) is 19.4. The van der Waals surface area contributed by atoms with Crippen LogP contribution < -0.4 is 10.1 Å². The molecule has 0 aliphatic rings. The molecule has 1 aromatic heterocycles. The lowest BCUT2D eigenvalue weighted by atomic mass is 9.87. The molecule has 0 aliphatic carbocycles. The number of esters is 1. The molecule has 0 unspecified atom stereocenters. The van der Waals surface area contributed by atoms with Crippen molar-refractivity contribution in [1.82, 2.24) is 0 Å². The molecule has 2 aromatic rings. The van der Waals surface area contributed by atoms with Crippen LogP contribution in [0.2, 0.25) is 0 Å². The minimum atomic E-state index is -0.545. The number of amides is 1. The maximum absolute atomic E-state index is 12.5. The summed E-state index contributed by atoms with van der Waals surface area (Å²) in [6.45, 7) is 11.9. The van der Waals surface area contributed by atoms with E-state index in [-0.39, 0.29) is 35.7 Å². The fraction of sp³-hybridized carbons (Fsp3) is 0.458. The molecule has 1 amide bonds. The van der Waals surface area contributed by atoms with E-state index in [1.165, 1.54) is 12.5 Å². The Morgan fingerprint density at radius 1 is 1.19 bits per heavy atom. The van der Waals surface area contributed by atoms with Crippen LogP contribution in [0.5, 0.6) is 5.75 Å². The largest absolute Gasteiger partial charge is 0.492 e. The molecule has 0 spiro atoms. The first-order valence-electron chi connectivity index (χ1n) is 10.5. The number of rotatable bonds is 9. The summed E-state index contributed by atoms with van der Waals surface area (Å²) in [5.41, 5.74) is 2.02. The molecule has 32 heavy (non-hydrogen) atoms. The Morgan fingerprint density at radius 3 is 2.44 bits per heavy atom. The lowest BCUT2D eigenvalue weighted by molar-refractivity contribution is -0.116. The highest BCUT2D eigenvalue weighted by molar-refractivity contribution is 9.10. The predicted molar refractivity (Wildman–Crippen MR) is 131 cm³/mol. The number of carbonyl (C=O) groups is 3. The van der Waals surface area contributed by atoms with Crippen molar-refractivity contribution in [3.63, 3.8) is 0 Å². The second-order valence-electron chi connectivity index (χ2n) is 8.43. The van der Waals surface area contributed by atoms with Crippen molar-refractivity contribution in [3.05, 3.63) is 44.2 Å². The highest BCUT2D eigenvalue weighted by atomic mass is 79.9. The third-order valence-corrected chi connectivity index (χ3v) is 6.73. The van der Waals surface area contributed by atoms with Gasteiger partial charge < -0.3 is 14.8 Å². The van der Waals surface area contributed by atoms with Crippen LogP contribution in [-0.2, 0) is 14.9 Å². The van der Waals surface area contributed by atoms with E-state index in [4.69, 9.17) is 9.47 Å². The molecule has 1 aromatic carbocycles. The molecule has 0 aliphatic heterocycles. The molecule has 174 valence electrons. The Bertz CT molecular complexity index is 1010. The number of hydrogen-bond acceptors (Lipinski definition) is 6. The van der Waals surface area contributed by atoms with Crippen LogP contribution in [0.1, 0.15) is 78.6 Å². The maximum atomic E-state index is 12.5. The fourth-order valence-electron chi connectivity index (χ4n) is 3.07. The highest BCUT2D eigenvalue weighted by Crippen LogP contribution is 2.34. The lowest BCUT2D eigenvalue weighted by Crippen LogP contribution is -2.15. The Morgan fingerprint density at radius 2 is 1.88 bits per heavy atom. The molecule has 0 radical (unpaired) electrons. The van der Waals surface area contributed by atoms with E-state index < -0.39 is 5.97 Å². The first-order chi connectivity index (χ1) is 15.0. The molecule has 0 bridgehead atoms. The van der Waals surface area contributed by atoms with Gasteiger partial charge in [0.15, 0.2) is 5.78 Å². The Balaban J connectivity index is 1.97. The van der Waals surface area contributed by atoms with Crippen LogP contribution in [0.3, 0.4) is 0 Å². The number of benzene rings is 1. The van der Waals surface area contributed by atoms with Crippen LogP contribution in [0.25, 0.3) is 0 Å². The van der Waals surface area contributed by atoms with Gasteiger partial charge in [-0.25, -0.2) is 4.79 Å². The van der Waals surface area contributed by atoms with Crippen molar-refractivity contribution in [1.29, 1.82) is 0 Å². The van der Waals surface area contributed by atoms with Gasteiger partial charge in [-0.3, -0.25) is 9.59 Å². The van der Waals surface area contributed by atoms with Gasteiger partial charge in [-0.2, -0.15) is 0 Å². The number of anilines is 1. The van der Waals surface area contributed by atoms with Crippen molar-refractivity contribution in [2.75, 3.05) is 18.5 Å². The molecule has 0 saturated heterocycles. The van der Waals surface area contributed by atoms with Crippen LogP contribution in [0.4, 0.5) is 5.00 Å². The van der Waals surface area contributed by atoms with Gasteiger partial charge >= 0.3 is 5.97 Å². The quantitative estimate of drug-likeness (QED) is 0.237. The van der Waals surface area contributed by atoms with Crippen LogP contribution >= 0.6 is 27.3 Å². The number of nitrogens with one attached hydrogen (secondary N) is 1. The Hall–Kier alpha value is -2.19. The highest BCUT2D eigenvalue weighted by Gasteiger charge is 2.25. The minimum Gasteiger partial charge on any atom is -0.492 e. The number of ether oxygens (including phenoxy) is 2. The first-order valence-corrected chi connectivity index (χ1v) is 12.1. The molecule has 0 saturated carbocycles. The van der Waals surface area contributed by atoms with Gasteiger partial charge in [0.25, 0.3) is 0 Å². The molecule has 8 heteroatoms. The molecular formula is C24H30BrNO5S. The summed E-state index contributed by atoms with van der Waals surface area (Å²) in [5, 5.41) is 3.11. The predicted octanol–water partition coefficient (Wildman–Crippen LogP) is 6.29. The first kappa shape index (κ1) is 26.1. The van der Waals surface area contributed by atoms with Crippen molar-refractivity contribution in [2.24, 2.45) is 0 Å². The number of hydrogen-bond donors (Lipinski definition) is 1. The van der Waals surface area contributed by atoms with Crippen molar-refractivity contribution >= 4 is 49.9 Å². The second kappa shape index (κ2) is 11.1.